The lowest BCUT2D eigenvalue weighted by Crippen LogP contribution is -2.50. The Balaban J connectivity index is 2.22. The molecule has 2 aromatic carbocycles. The van der Waals surface area contributed by atoms with Gasteiger partial charge < -0.3 is 11.1 Å². The number of fused-ring (bicyclic) bond motifs is 1. The minimum atomic E-state index is -0.373. The van der Waals surface area contributed by atoms with Crippen molar-refractivity contribution in [1.82, 2.24) is 5.32 Å². The molecule has 0 aliphatic carbocycles. The molecule has 0 saturated carbocycles. The van der Waals surface area contributed by atoms with Gasteiger partial charge in [-0.2, -0.15) is 0 Å². The minimum absolute atomic E-state index is 0.00994. The highest BCUT2D eigenvalue weighted by molar-refractivity contribution is 5.87. The van der Waals surface area contributed by atoms with Crippen LogP contribution in [-0.4, -0.2) is 18.0 Å². The number of rotatable bonds is 4. The van der Waals surface area contributed by atoms with Gasteiger partial charge in [0.1, 0.15) is 0 Å². The smallest absolute Gasteiger partial charge is 0.227 e. The van der Waals surface area contributed by atoms with Gasteiger partial charge in [0.2, 0.25) is 5.91 Å². The Hall–Kier alpha value is -1.87. The molecule has 1 amide bonds. The van der Waals surface area contributed by atoms with E-state index in [4.69, 9.17) is 5.73 Å². The van der Waals surface area contributed by atoms with E-state index in [2.05, 4.69) is 29.6 Å². The Morgan fingerprint density at radius 1 is 1.20 bits per heavy atom. The van der Waals surface area contributed by atoms with E-state index in [0.29, 0.717) is 6.54 Å². The molecule has 2 rings (SSSR count). The summed E-state index contributed by atoms with van der Waals surface area (Å²) >= 11 is 0. The molecule has 1 atom stereocenters. The van der Waals surface area contributed by atoms with E-state index in [1.807, 2.05) is 39.0 Å². The van der Waals surface area contributed by atoms with Gasteiger partial charge in [-0.1, -0.05) is 42.5 Å². The molecular formula is C17H22N2O. The zero-order valence-electron chi connectivity index (χ0n) is 12.3. The highest BCUT2D eigenvalue weighted by Crippen LogP contribution is 2.22. The van der Waals surface area contributed by atoms with Crippen molar-refractivity contribution in [3.63, 3.8) is 0 Å². The summed E-state index contributed by atoms with van der Waals surface area (Å²) in [6.07, 6.45) is 0. The van der Waals surface area contributed by atoms with Gasteiger partial charge in [0.25, 0.3) is 0 Å². The molecule has 2 aromatic rings. The molecule has 3 heteroatoms. The number of nitrogens with two attached hydrogens (primary N) is 1. The zero-order chi connectivity index (χ0) is 14.8. The number of hydrogen-bond acceptors (Lipinski definition) is 2. The van der Waals surface area contributed by atoms with Crippen molar-refractivity contribution in [3.8, 4) is 0 Å². The van der Waals surface area contributed by atoms with Crippen LogP contribution in [0.25, 0.3) is 10.8 Å². The Labute approximate surface area is 120 Å². The van der Waals surface area contributed by atoms with E-state index in [0.717, 1.165) is 10.9 Å². The minimum Gasteiger partial charge on any atom is -0.349 e. The standard InChI is InChI=1S/C17H22N2O/c1-12(16(20)19-17(2,3)11-18)14-9-8-13-6-4-5-7-15(13)10-14/h4-10,12H,11,18H2,1-3H3,(H,19,20). The second-order valence-electron chi connectivity index (χ2n) is 5.91. The lowest BCUT2D eigenvalue weighted by atomic mass is 9.95. The van der Waals surface area contributed by atoms with Crippen LogP contribution in [0, 0.1) is 0 Å². The summed E-state index contributed by atoms with van der Waals surface area (Å²) in [5.74, 6) is -0.179. The Morgan fingerprint density at radius 3 is 2.50 bits per heavy atom. The van der Waals surface area contributed by atoms with Crippen molar-refractivity contribution in [2.45, 2.75) is 32.2 Å². The quantitative estimate of drug-likeness (QED) is 0.897. The summed E-state index contributed by atoms with van der Waals surface area (Å²) in [5, 5.41) is 5.33. The highest BCUT2D eigenvalue weighted by Gasteiger charge is 2.23. The molecule has 0 aliphatic heterocycles. The van der Waals surface area contributed by atoms with Crippen LogP contribution < -0.4 is 11.1 Å². The van der Waals surface area contributed by atoms with Crippen molar-refractivity contribution < 1.29 is 4.79 Å². The van der Waals surface area contributed by atoms with Gasteiger partial charge in [-0.25, -0.2) is 0 Å². The normalized spacial score (nSPS) is 13.2. The SMILES string of the molecule is CC(C(=O)NC(C)(C)CN)c1ccc2ccccc2c1. The first-order valence-corrected chi connectivity index (χ1v) is 6.94. The Kier molecular flexibility index (Phi) is 4.09. The van der Waals surface area contributed by atoms with Gasteiger partial charge in [-0.05, 0) is 37.1 Å². The topological polar surface area (TPSA) is 55.1 Å². The van der Waals surface area contributed by atoms with E-state index < -0.39 is 0 Å². The van der Waals surface area contributed by atoms with Crippen molar-refractivity contribution in [2.24, 2.45) is 5.73 Å². The lowest BCUT2D eigenvalue weighted by molar-refractivity contribution is -0.123. The summed E-state index contributed by atoms with van der Waals surface area (Å²) < 4.78 is 0. The van der Waals surface area contributed by atoms with E-state index in [1.54, 1.807) is 0 Å². The number of amides is 1. The molecule has 0 heterocycles. The Bertz CT molecular complexity index is 619. The average molecular weight is 270 g/mol. The predicted octanol–water partition coefficient (Wildman–Crippen LogP) is 2.80. The van der Waals surface area contributed by atoms with Crippen LogP contribution in [-0.2, 0) is 4.79 Å². The first-order valence-electron chi connectivity index (χ1n) is 6.94. The summed E-state index contributed by atoms with van der Waals surface area (Å²) in [4.78, 5) is 12.3. The largest absolute Gasteiger partial charge is 0.349 e. The maximum atomic E-state index is 12.3. The molecule has 3 N–H and O–H groups in total. The molecule has 0 fully saturated rings. The maximum Gasteiger partial charge on any atom is 0.227 e. The van der Waals surface area contributed by atoms with Crippen LogP contribution in [0.5, 0.6) is 0 Å². The van der Waals surface area contributed by atoms with Crippen LogP contribution in [0.2, 0.25) is 0 Å². The van der Waals surface area contributed by atoms with Gasteiger partial charge in [0.05, 0.1) is 5.92 Å². The van der Waals surface area contributed by atoms with Crippen molar-refractivity contribution in [2.75, 3.05) is 6.54 Å². The highest BCUT2D eigenvalue weighted by atomic mass is 16.2. The van der Waals surface area contributed by atoms with Gasteiger partial charge in [-0.3, -0.25) is 4.79 Å². The number of nitrogens with one attached hydrogen (secondary N) is 1. The van der Waals surface area contributed by atoms with Gasteiger partial charge in [0, 0.05) is 12.1 Å². The number of carbonyl (C=O) groups is 1. The first-order chi connectivity index (χ1) is 9.43. The second-order valence-corrected chi connectivity index (χ2v) is 5.91. The molecule has 0 saturated heterocycles. The van der Waals surface area contributed by atoms with Crippen molar-refractivity contribution in [1.29, 1.82) is 0 Å². The molecular weight excluding hydrogens is 248 g/mol. The van der Waals surface area contributed by atoms with Crippen molar-refractivity contribution >= 4 is 16.7 Å². The third-order valence-electron chi connectivity index (χ3n) is 3.64. The van der Waals surface area contributed by atoms with Crippen LogP contribution in [0.4, 0.5) is 0 Å². The number of benzene rings is 2. The molecule has 0 spiro atoms. The fraction of sp³-hybridized carbons (Fsp3) is 0.353. The Morgan fingerprint density at radius 2 is 1.85 bits per heavy atom. The van der Waals surface area contributed by atoms with E-state index in [9.17, 15) is 4.79 Å². The third-order valence-corrected chi connectivity index (χ3v) is 3.64. The summed E-state index contributed by atoms with van der Waals surface area (Å²) in [5.41, 5.74) is 6.30. The van der Waals surface area contributed by atoms with Crippen LogP contribution in [0.3, 0.4) is 0 Å². The number of hydrogen-bond donors (Lipinski definition) is 2. The second kappa shape index (κ2) is 5.63. The van der Waals surface area contributed by atoms with E-state index in [1.165, 1.54) is 5.39 Å². The fourth-order valence-electron chi connectivity index (χ4n) is 2.12. The van der Waals surface area contributed by atoms with Crippen LogP contribution in [0.15, 0.2) is 42.5 Å². The molecule has 0 aromatic heterocycles. The van der Waals surface area contributed by atoms with Gasteiger partial charge in [0.15, 0.2) is 0 Å². The first kappa shape index (κ1) is 14.5. The molecule has 20 heavy (non-hydrogen) atoms. The summed E-state index contributed by atoms with van der Waals surface area (Å²) in [7, 11) is 0. The van der Waals surface area contributed by atoms with Crippen LogP contribution >= 0.6 is 0 Å². The molecule has 0 aliphatic rings. The van der Waals surface area contributed by atoms with Crippen LogP contribution in [0.1, 0.15) is 32.3 Å². The van der Waals surface area contributed by atoms with Crippen molar-refractivity contribution in [3.05, 3.63) is 48.0 Å². The summed E-state index contributed by atoms with van der Waals surface area (Å²) in [6, 6.07) is 14.3. The summed E-state index contributed by atoms with van der Waals surface area (Å²) in [6.45, 7) is 6.20. The molecule has 3 nitrogen and oxygen atoms in total. The van der Waals surface area contributed by atoms with E-state index in [-0.39, 0.29) is 17.4 Å². The molecule has 1 unspecified atom stereocenters. The average Bonchev–Trinajstić information content (AvgIpc) is 2.45. The molecule has 0 bridgehead atoms. The number of carbonyl (C=O) groups excluding carboxylic acids is 1. The predicted molar refractivity (Wildman–Crippen MR) is 83.6 cm³/mol. The fourth-order valence-corrected chi connectivity index (χ4v) is 2.12. The third kappa shape index (κ3) is 3.17. The molecule has 0 radical (unpaired) electrons. The monoisotopic (exact) mass is 270 g/mol. The zero-order valence-corrected chi connectivity index (χ0v) is 12.3. The maximum absolute atomic E-state index is 12.3. The van der Waals surface area contributed by atoms with E-state index >= 15 is 0 Å². The van der Waals surface area contributed by atoms with Gasteiger partial charge >= 0.3 is 0 Å². The lowest BCUT2D eigenvalue weighted by Gasteiger charge is -2.26. The molecule has 106 valence electrons. The van der Waals surface area contributed by atoms with Gasteiger partial charge in [-0.15, -0.1) is 0 Å².